The molecule has 2 aromatic carbocycles. The molecule has 0 atom stereocenters. The molecule has 4 heteroatoms. The van der Waals surface area contributed by atoms with E-state index in [2.05, 4.69) is 0 Å². The van der Waals surface area contributed by atoms with Crippen molar-refractivity contribution in [1.29, 1.82) is 0 Å². The lowest BCUT2D eigenvalue weighted by molar-refractivity contribution is 0.103. The Balaban J connectivity index is 2.49. The molecule has 0 aliphatic rings. The molecule has 0 heterocycles. The second-order valence-corrected chi connectivity index (χ2v) is 4.60. The van der Waals surface area contributed by atoms with Crippen LogP contribution in [-0.2, 0) is 0 Å². The van der Waals surface area contributed by atoms with Gasteiger partial charge in [0.05, 0.1) is 12.7 Å². The summed E-state index contributed by atoms with van der Waals surface area (Å²) in [6.45, 7) is 3.62. The summed E-state index contributed by atoms with van der Waals surface area (Å²) in [7, 11) is 1.55. The van der Waals surface area contributed by atoms with Crippen molar-refractivity contribution in [1.82, 2.24) is 0 Å². The molecular weight excluding hydrogens is 262 g/mol. The average molecular weight is 276 g/mol. The zero-order valence-corrected chi connectivity index (χ0v) is 11.5. The van der Waals surface area contributed by atoms with Gasteiger partial charge in [-0.05, 0) is 49.2 Å². The minimum absolute atomic E-state index is 0.143. The van der Waals surface area contributed by atoms with E-state index in [0.717, 1.165) is 23.3 Å². The Labute approximate surface area is 116 Å². The van der Waals surface area contributed by atoms with Crippen LogP contribution in [0.3, 0.4) is 0 Å². The highest BCUT2D eigenvalue weighted by molar-refractivity contribution is 6.09. The van der Waals surface area contributed by atoms with Gasteiger partial charge in [-0.3, -0.25) is 4.79 Å². The van der Waals surface area contributed by atoms with Gasteiger partial charge in [-0.1, -0.05) is 0 Å². The van der Waals surface area contributed by atoms with E-state index in [4.69, 9.17) is 4.74 Å². The zero-order chi connectivity index (χ0) is 14.9. The molecule has 104 valence electrons. The fourth-order valence-corrected chi connectivity index (χ4v) is 2.23. The van der Waals surface area contributed by atoms with Crippen LogP contribution in [0.1, 0.15) is 27.0 Å². The maximum atomic E-state index is 13.6. The third-order valence-electron chi connectivity index (χ3n) is 3.10. The van der Waals surface area contributed by atoms with E-state index < -0.39 is 17.4 Å². The fourth-order valence-electron chi connectivity index (χ4n) is 2.23. The van der Waals surface area contributed by atoms with Crippen molar-refractivity contribution in [3.05, 3.63) is 64.2 Å². The summed E-state index contributed by atoms with van der Waals surface area (Å²) in [4.78, 5) is 12.3. The molecule has 0 N–H and O–H groups in total. The van der Waals surface area contributed by atoms with Crippen LogP contribution in [0.2, 0.25) is 0 Å². The van der Waals surface area contributed by atoms with Gasteiger partial charge in [-0.25, -0.2) is 8.78 Å². The molecule has 20 heavy (non-hydrogen) atoms. The Morgan fingerprint density at radius 1 is 1.05 bits per heavy atom. The van der Waals surface area contributed by atoms with Crippen molar-refractivity contribution in [2.75, 3.05) is 7.11 Å². The van der Waals surface area contributed by atoms with E-state index in [1.54, 1.807) is 19.2 Å². The number of ketones is 1. The first-order valence-electron chi connectivity index (χ1n) is 6.09. The Kier molecular flexibility index (Phi) is 3.84. The van der Waals surface area contributed by atoms with Gasteiger partial charge in [0, 0.05) is 11.6 Å². The molecule has 0 aliphatic carbocycles. The van der Waals surface area contributed by atoms with E-state index in [1.165, 1.54) is 0 Å². The summed E-state index contributed by atoms with van der Waals surface area (Å²) in [5, 5.41) is 0. The van der Waals surface area contributed by atoms with Crippen LogP contribution in [0.25, 0.3) is 0 Å². The molecule has 0 unspecified atom stereocenters. The zero-order valence-electron chi connectivity index (χ0n) is 11.5. The Bertz CT molecular complexity index is 655. The maximum Gasteiger partial charge on any atom is 0.195 e. The van der Waals surface area contributed by atoms with Crippen LogP contribution in [0.5, 0.6) is 5.75 Å². The second-order valence-electron chi connectivity index (χ2n) is 4.60. The third kappa shape index (κ3) is 2.54. The molecule has 0 saturated carbocycles. The van der Waals surface area contributed by atoms with Gasteiger partial charge in [-0.15, -0.1) is 0 Å². The summed E-state index contributed by atoms with van der Waals surface area (Å²) in [5.74, 6) is -1.35. The number of carbonyl (C=O) groups excluding carboxylic acids is 1. The molecule has 0 amide bonds. The molecule has 2 aromatic rings. The molecule has 2 rings (SSSR count). The molecule has 0 saturated heterocycles. The van der Waals surface area contributed by atoms with Crippen LogP contribution in [0.4, 0.5) is 8.78 Å². The average Bonchev–Trinajstić information content (AvgIpc) is 2.37. The van der Waals surface area contributed by atoms with Gasteiger partial charge < -0.3 is 4.74 Å². The van der Waals surface area contributed by atoms with E-state index in [0.29, 0.717) is 17.4 Å². The molecule has 0 bridgehead atoms. The molecule has 0 aromatic heterocycles. The number of hydrogen-bond donors (Lipinski definition) is 0. The SMILES string of the molecule is COc1c(C)cc(C(=O)c2ccc(F)cc2F)cc1C. The first kappa shape index (κ1) is 14.2. The number of carbonyl (C=O) groups is 1. The summed E-state index contributed by atoms with van der Waals surface area (Å²) < 4.78 is 31.7. The molecule has 0 radical (unpaired) electrons. The number of benzene rings is 2. The van der Waals surface area contributed by atoms with E-state index in [-0.39, 0.29) is 5.56 Å². The minimum atomic E-state index is -0.860. The van der Waals surface area contributed by atoms with Crippen LogP contribution in [0.15, 0.2) is 30.3 Å². The first-order valence-corrected chi connectivity index (χ1v) is 6.09. The maximum absolute atomic E-state index is 13.6. The van der Waals surface area contributed by atoms with Gasteiger partial charge in [0.1, 0.15) is 17.4 Å². The van der Waals surface area contributed by atoms with Crippen molar-refractivity contribution < 1.29 is 18.3 Å². The Morgan fingerprint density at radius 2 is 1.65 bits per heavy atom. The highest BCUT2D eigenvalue weighted by Crippen LogP contribution is 2.26. The number of halogens is 2. The molecule has 2 nitrogen and oxygen atoms in total. The summed E-state index contributed by atoms with van der Waals surface area (Å²) in [6.07, 6.45) is 0. The second kappa shape index (κ2) is 5.41. The van der Waals surface area contributed by atoms with Crippen LogP contribution in [-0.4, -0.2) is 12.9 Å². The topological polar surface area (TPSA) is 26.3 Å². The van der Waals surface area contributed by atoms with Gasteiger partial charge >= 0.3 is 0 Å². The van der Waals surface area contributed by atoms with Crippen LogP contribution in [0, 0.1) is 25.5 Å². The Hall–Kier alpha value is -2.23. The Morgan fingerprint density at radius 3 is 2.15 bits per heavy atom. The standard InChI is InChI=1S/C16H14F2O2/c1-9-6-11(7-10(2)16(9)20-3)15(19)13-5-4-12(17)8-14(13)18/h4-8H,1-3H3. The van der Waals surface area contributed by atoms with Gasteiger partial charge in [0.25, 0.3) is 0 Å². The summed E-state index contributed by atoms with van der Waals surface area (Å²) in [5.41, 5.74) is 1.79. The fraction of sp³-hybridized carbons (Fsp3) is 0.188. The van der Waals surface area contributed by atoms with Crippen molar-refractivity contribution >= 4 is 5.78 Å². The van der Waals surface area contributed by atoms with Crippen molar-refractivity contribution in [2.24, 2.45) is 0 Å². The predicted molar refractivity (Wildman–Crippen MR) is 72.3 cm³/mol. The van der Waals surface area contributed by atoms with Crippen LogP contribution >= 0.6 is 0 Å². The number of rotatable bonds is 3. The molecular formula is C16H14F2O2. The normalized spacial score (nSPS) is 10.4. The van der Waals surface area contributed by atoms with Crippen molar-refractivity contribution in [3.8, 4) is 5.75 Å². The van der Waals surface area contributed by atoms with E-state index in [9.17, 15) is 13.6 Å². The lowest BCUT2D eigenvalue weighted by Gasteiger charge is -2.11. The van der Waals surface area contributed by atoms with E-state index in [1.807, 2.05) is 13.8 Å². The van der Waals surface area contributed by atoms with E-state index >= 15 is 0 Å². The lowest BCUT2D eigenvalue weighted by Crippen LogP contribution is -2.06. The van der Waals surface area contributed by atoms with Crippen LogP contribution < -0.4 is 4.74 Å². The van der Waals surface area contributed by atoms with Crippen molar-refractivity contribution in [3.63, 3.8) is 0 Å². The number of methoxy groups -OCH3 is 1. The minimum Gasteiger partial charge on any atom is -0.496 e. The predicted octanol–water partition coefficient (Wildman–Crippen LogP) is 3.82. The lowest BCUT2D eigenvalue weighted by atomic mass is 9.98. The number of hydrogen-bond acceptors (Lipinski definition) is 2. The van der Waals surface area contributed by atoms with Gasteiger partial charge in [0.2, 0.25) is 0 Å². The molecule has 0 fully saturated rings. The summed E-state index contributed by atoms with van der Waals surface area (Å²) >= 11 is 0. The van der Waals surface area contributed by atoms with Crippen molar-refractivity contribution in [2.45, 2.75) is 13.8 Å². The highest BCUT2D eigenvalue weighted by atomic mass is 19.1. The summed E-state index contributed by atoms with van der Waals surface area (Å²) in [6, 6.07) is 6.20. The number of aryl methyl sites for hydroxylation is 2. The monoisotopic (exact) mass is 276 g/mol. The largest absolute Gasteiger partial charge is 0.496 e. The first-order chi connectivity index (χ1) is 9.43. The quantitative estimate of drug-likeness (QED) is 0.797. The van der Waals surface area contributed by atoms with Gasteiger partial charge in [-0.2, -0.15) is 0 Å². The molecule has 0 spiro atoms. The third-order valence-corrected chi connectivity index (χ3v) is 3.10. The number of ether oxygens (including phenoxy) is 1. The van der Waals surface area contributed by atoms with Gasteiger partial charge in [0.15, 0.2) is 5.78 Å². The molecule has 0 aliphatic heterocycles. The highest BCUT2D eigenvalue weighted by Gasteiger charge is 2.17. The smallest absolute Gasteiger partial charge is 0.195 e.